The van der Waals surface area contributed by atoms with Crippen LogP contribution in [0.5, 0.6) is 0 Å². The van der Waals surface area contributed by atoms with Crippen LogP contribution in [-0.4, -0.2) is 12.2 Å². The Balaban J connectivity index is 1.24. The molecule has 0 heterocycles. The second-order valence-electron chi connectivity index (χ2n) is 10.4. The van der Waals surface area contributed by atoms with E-state index in [1.807, 2.05) is 0 Å². The van der Waals surface area contributed by atoms with Crippen LogP contribution in [0, 0.1) is 11.8 Å². The van der Waals surface area contributed by atoms with Gasteiger partial charge in [-0.3, -0.25) is 0 Å². The summed E-state index contributed by atoms with van der Waals surface area (Å²) in [6.07, 6.45) is 7.87. The molecule has 0 spiro atoms. The molecule has 4 atom stereocenters. The van der Waals surface area contributed by atoms with Crippen molar-refractivity contribution in [1.29, 1.82) is 0 Å². The molecule has 0 aliphatic heterocycles. The van der Waals surface area contributed by atoms with Gasteiger partial charge < -0.3 is 9.05 Å². The Hall–Kier alpha value is -2.34. The second kappa shape index (κ2) is 12.7. The van der Waals surface area contributed by atoms with Crippen LogP contribution in [0.2, 0.25) is 0 Å². The minimum Gasteiger partial charge on any atom is -0.346 e. The third kappa shape index (κ3) is 5.95. The molecule has 0 radical (unpaired) electrons. The molecule has 2 fully saturated rings. The van der Waals surface area contributed by atoms with Crippen molar-refractivity contribution >= 4 is 37.5 Å². The maximum Gasteiger partial charge on any atom is 0.0921 e. The van der Waals surface area contributed by atoms with Crippen LogP contribution in [0.1, 0.15) is 38.5 Å². The minimum absolute atomic E-state index is 0.287. The Morgan fingerprint density at radius 3 is 0.974 bits per heavy atom. The topological polar surface area (TPSA) is 18.5 Å². The van der Waals surface area contributed by atoms with Crippen LogP contribution in [-0.2, 0) is 9.05 Å². The Morgan fingerprint density at radius 1 is 0.395 bits per heavy atom. The molecule has 4 heteroatoms. The summed E-state index contributed by atoms with van der Waals surface area (Å²) in [5.41, 5.74) is 0. The van der Waals surface area contributed by atoms with Crippen LogP contribution >= 0.6 is 16.3 Å². The quantitative estimate of drug-likeness (QED) is 0.206. The van der Waals surface area contributed by atoms with Crippen molar-refractivity contribution in [3.63, 3.8) is 0 Å². The summed E-state index contributed by atoms with van der Waals surface area (Å²) in [7, 11) is -1.69. The van der Waals surface area contributed by atoms with Gasteiger partial charge in [-0.25, -0.2) is 0 Å². The van der Waals surface area contributed by atoms with Crippen LogP contribution in [0.4, 0.5) is 0 Å². The van der Waals surface area contributed by atoms with E-state index >= 15 is 0 Å². The summed E-state index contributed by atoms with van der Waals surface area (Å²) in [6.45, 7) is 0. The Bertz CT molecular complexity index is 1070. The Morgan fingerprint density at radius 2 is 0.684 bits per heavy atom. The largest absolute Gasteiger partial charge is 0.346 e. The lowest BCUT2D eigenvalue weighted by Crippen LogP contribution is -2.33. The van der Waals surface area contributed by atoms with E-state index in [-0.39, 0.29) is 12.2 Å². The smallest absolute Gasteiger partial charge is 0.0921 e. The maximum atomic E-state index is 7.15. The molecule has 194 valence electrons. The molecule has 38 heavy (non-hydrogen) atoms. The van der Waals surface area contributed by atoms with Gasteiger partial charge in [-0.1, -0.05) is 134 Å². The van der Waals surface area contributed by atoms with Crippen LogP contribution in [0.3, 0.4) is 0 Å². The first-order valence-electron chi connectivity index (χ1n) is 14.0. The molecule has 2 aliphatic rings. The predicted octanol–water partition coefficient (Wildman–Crippen LogP) is 7.45. The molecule has 4 aromatic carbocycles. The van der Waals surface area contributed by atoms with Gasteiger partial charge in [-0.15, -0.1) is 0 Å². The number of rotatable bonds is 9. The molecule has 6 rings (SSSR count). The summed E-state index contributed by atoms with van der Waals surface area (Å²) in [4.78, 5) is 0. The fraction of sp³-hybridized carbons (Fsp3) is 0.294. The molecule has 0 N–H and O–H groups in total. The molecule has 0 saturated heterocycles. The highest BCUT2D eigenvalue weighted by atomic mass is 31.1. The lowest BCUT2D eigenvalue weighted by molar-refractivity contribution is 0.0789. The zero-order valence-corrected chi connectivity index (χ0v) is 23.6. The van der Waals surface area contributed by atoms with Crippen LogP contribution < -0.4 is 21.2 Å². The molecular weight excluding hydrogens is 502 g/mol. The van der Waals surface area contributed by atoms with E-state index in [1.165, 1.54) is 46.9 Å². The van der Waals surface area contributed by atoms with Gasteiger partial charge >= 0.3 is 0 Å². The third-order valence-corrected chi connectivity index (χ3v) is 12.0. The highest BCUT2D eigenvalue weighted by Gasteiger charge is 2.43. The van der Waals surface area contributed by atoms with Gasteiger partial charge in [0.2, 0.25) is 0 Å². The number of hydrogen-bond acceptors (Lipinski definition) is 2. The van der Waals surface area contributed by atoms with E-state index in [0.29, 0.717) is 11.8 Å². The molecule has 2 aliphatic carbocycles. The van der Waals surface area contributed by atoms with Crippen molar-refractivity contribution in [2.24, 2.45) is 11.8 Å². The summed E-state index contributed by atoms with van der Waals surface area (Å²) in [6, 6.07) is 43.4. The molecule has 2 nitrogen and oxygen atoms in total. The normalized spacial score (nSPS) is 23.3. The number of benzene rings is 4. The molecule has 0 aromatic heterocycles. The first-order chi connectivity index (χ1) is 18.9. The number of hydrogen-bond donors (Lipinski definition) is 0. The fourth-order valence-corrected chi connectivity index (χ4v) is 10.1. The van der Waals surface area contributed by atoms with Gasteiger partial charge in [0.05, 0.1) is 28.5 Å². The average Bonchev–Trinajstić information content (AvgIpc) is 3.65. The van der Waals surface area contributed by atoms with E-state index in [4.69, 9.17) is 9.05 Å². The zero-order valence-electron chi connectivity index (χ0n) is 21.8. The highest BCUT2D eigenvalue weighted by Crippen LogP contribution is 2.50. The van der Waals surface area contributed by atoms with E-state index in [9.17, 15) is 0 Å². The lowest BCUT2D eigenvalue weighted by Gasteiger charge is -2.34. The van der Waals surface area contributed by atoms with Crippen LogP contribution in [0.25, 0.3) is 0 Å². The maximum absolute atomic E-state index is 7.15. The van der Waals surface area contributed by atoms with E-state index in [2.05, 4.69) is 121 Å². The highest BCUT2D eigenvalue weighted by molar-refractivity contribution is 7.68. The zero-order chi connectivity index (χ0) is 25.6. The first-order valence-corrected chi connectivity index (χ1v) is 16.5. The summed E-state index contributed by atoms with van der Waals surface area (Å²) in [5, 5.41) is 5.20. The van der Waals surface area contributed by atoms with Crippen molar-refractivity contribution in [3.05, 3.63) is 121 Å². The Kier molecular flexibility index (Phi) is 8.64. The van der Waals surface area contributed by atoms with E-state index in [0.717, 1.165) is 12.8 Å². The van der Waals surface area contributed by atoms with Crippen molar-refractivity contribution in [2.45, 2.75) is 50.7 Å². The molecule has 4 unspecified atom stereocenters. The van der Waals surface area contributed by atoms with Gasteiger partial charge in [0.15, 0.2) is 0 Å². The molecular formula is C34H36O2P2. The summed E-state index contributed by atoms with van der Waals surface area (Å²) >= 11 is 0. The minimum atomic E-state index is -0.843. The molecule has 2 saturated carbocycles. The summed E-state index contributed by atoms with van der Waals surface area (Å²) in [5.74, 6) is 1.12. The Labute approximate surface area is 230 Å². The third-order valence-electron chi connectivity index (χ3n) is 8.00. The standard InChI is InChI=1S/C34H36O2P2/c1-5-15-27(16-6-1)37(28-17-7-2-8-18-28)35-33-25-13-23-31(33)32-24-14-26-34(32)36-38(29-19-9-3-10-20-29)30-21-11-4-12-22-30/h1-12,15-22,31-34H,13-14,23-26H2. The van der Waals surface area contributed by atoms with Gasteiger partial charge in [-0.2, -0.15) is 0 Å². The lowest BCUT2D eigenvalue weighted by atomic mass is 9.86. The molecule has 0 amide bonds. The van der Waals surface area contributed by atoms with E-state index in [1.54, 1.807) is 0 Å². The van der Waals surface area contributed by atoms with Crippen LogP contribution in [0.15, 0.2) is 121 Å². The SMILES string of the molecule is c1ccc(P(OC2CCCC2C2CCCC2OP(c2ccccc2)c2ccccc2)c2ccccc2)cc1. The molecule has 0 bridgehead atoms. The monoisotopic (exact) mass is 538 g/mol. The predicted molar refractivity (Wildman–Crippen MR) is 163 cm³/mol. The summed E-state index contributed by atoms with van der Waals surface area (Å²) < 4.78 is 14.3. The van der Waals surface area contributed by atoms with Gasteiger partial charge in [0.25, 0.3) is 0 Å². The molecule has 4 aromatic rings. The van der Waals surface area contributed by atoms with Crippen molar-refractivity contribution in [3.8, 4) is 0 Å². The average molecular weight is 539 g/mol. The van der Waals surface area contributed by atoms with Gasteiger partial charge in [-0.05, 0) is 37.5 Å². The van der Waals surface area contributed by atoms with Crippen molar-refractivity contribution < 1.29 is 9.05 Å². The van der Waals surface area contributed by atoms with Crippen molar-refractivity contribution in [1.82, 2.24) is 0 Å². The first kappa shape index (κ1) is 25.9. The second-order valence-corrected chi connectivity index (χ2v) is 14.1. The van der Waals surface area contributed by atoms with E-state index < -0.39 is 16.3 Å². The fourth-order valence-electron chi connectivity index (χ4n) is 6.22. The van der Waals surface area contributed by atoms with Gasteiger partial charge in [0.1, 0.15) is 0 Å². The van der Waals surface area contributed by atoms with Gasteiger partial charge in [0, 0.05) is 21.2 Å². The van der Waals surface area contributed by atoms with Crippen molar-refractivity contribution in [2.75, 3.05) is 0 Å².